The van der Waals surface area contributed by atoms with Gasteiger partial charge >= 0.3 is 0 Å². The third-order valence-corrected chi connectivity index (χ3v) is 5.40. The number of aromatic amines is 1. The lowest BCUT2D eigenvalue weighted by Gasteiger charge is -2.24. The molecule has 1 aliphatic heterocycles. The quantitative estimate of drug-likeness (QED) is 0.472. The summed E-state index contributed by atoms with van der Waals surface area (Å²) in [5, 5.41) is 11.6. The highest BCUT2D eigenvalue weighted by atomic mass is 16.3. The fourth-order valence-electron chi connectivity index (χ4n) is 3.98. The van der Waals surface area contributed by atoms with E-state index in [0.29, 0.717) is 18.7 Å². The molecule has 1 amide bonds. The van der Waals surface area contributed by atoms with Gasteiger partial charge in [-0.3, -0.25) is 9.59 Å². The predicted octanol–water partition coefficient (Wildman–Crippen LogP) is 4.17. The molecule has 0 aliphatic carbocycles. The average Bonchev–Trinajstić information content (AvgIpc) is 3.55. The van der Waals surface area contributed by atoms with Gasteiger partial charge < -0.3 is 23.8 Å². The van der Waals surface area contributed by atoms with E-state index >= 15 is 0 Å². The van der Waals surface area contributed by atoms with Crippen molar-refractivity contribution in [3.05, 3.63) is 95.7 Å². The number of nitrogens with zero attached hydrogens (tertiary/aromatic N) is 1. The third-order valence-electron chi connectivity index (χ3n) is 5.40. The summed E-state index contributed by atoms with van der Waals surface area (Å²) >= 11 is 0. The zero-order valence-corrected chi connectivity index (χ0v) is 15.9. The highest BCUT2D eigenvalue weighted by molar-refractivity contribution is 6.14. The number of nitrogens with one attached hydrogen (secondary N) is 1. The van der Waals surface area contributed by atoms with Crippen LogP contribution in [0, 0.1) is 0 Å². The molecule has 7 nitrogen and oxygen atoms in total. The molecule has 3 aromatic heterocycles. The smallest absolute Gasteiger partial charge is 0.290 e. The van der Waals surface area contributed by atoms with E-state index < -0.39 is 23.5 Å². The second-order valence-electron chi connectivity index (χ2n) is 7.09. The molecule has 7 heteroatoms. The largest absolute Gasteiger partial charge is 0.503 e. The number of para-hydroxylation sites is 1. The monoisotopic (exact) mass is 402 g/mol. The standard InChI is InChI=1S/C23H18N2O5/c26-21(18-8-4-12-30-18)19-20(17-7-3-11-29-17)25(23(28)22(19)27)10-9-14-13-24-16-6-2-1-5-15(14)16/h1-8,11-13,20,24,27H,9-10H2. The first-order valence-corrected chi connectivity index (χ1v) is 9.56. The molecule has 0 spiro atoms. The first-order chi connectivity index (χ1) is 14.6. The molecule has 0 radical (unpaired) electrons. The van der Waals surface area contributed by atoms with Crippen LogP contribution in [0.25, 0.3) is 10.9 Å². The van der Waals surface area contributed by atoms with Crippen LogP contribution in [0.5, 0.6) is 0 Å². The Kier molecular flexibility index (Phi) is 4.28. The zero-order chi connectivity index (χ0) is 20.7. The summed E-state index contributed by atoms with van der Waals surface area (Å²) in [7, 11) is 0. The van der Waals surface area contributed by atoms with E-state index in [4.69, 9.17) is 8.83 Å². The van der Waals surface area contributed by atoms with Crippen LogP contribution < -0.4 is 0 Å². The molecule has 150 valence electrons. The number of aromatic nitrogens is 1. The van der Waals surface area contributed by atoms with Gasteiger partial charge in [-0.2, -0.15) is 0 Å². The molecule has 0 fully saturated rings. The fourth-order valence-corrected chi connectivity index (χ4v) is 3.98. The molecule has 0 saturated carbocycles. The number of aliphatic hydroxyl groups excluding tert-OH is 1. The number of carbonyl (C=O) groups excluding carboxylic acids is 2. The van der Waals surface area contributed by atoms with Crippen molar-refractivity contribution >= 4 is 22.6 Å². The van der Waals surface area contributed by atoms with E-state index in [1.807, 2.05) is 30.5 Å². The van der Waals surface area contributed by atoms with Gasteiger partial charge in [-0.05, 0) is 42.3 Å². The van der Waals surface area contributed by atoms with Gasteiger partial charge in [-0.25, -0.2) is 0 Å². The van der Waals surface area contributed by atoms with E-state index in [9.17, 15) is 14.7 Å². The maximum absolute atomic E-state index is 13.0. The van der Waals surface area contributed by atoms with Gasteiger partial charge in [-0.15, -0.1) is 0 Å². The first kappa shape index (κ1) is 18.1. The number of rotatable bonds is 6. The summed E-state index contributed by atoms with van der Waals surface area (Å²) in [4.78, 5) is 30.6. The van der Waals surface area contributed by atoms with Gasteiger partial charge in [0.25, 0.3) is 5.91 Å². The molecule has 0 saturated heterocycles. The Balaban J connectivity index is 1.48. The van der Waals surface area contributed by atoms with Crippen molar-refractivity contribution in [1.29, 1.82) is 0 Å². The van der Waals surface area contributed by atoms with Crippen LogP contribution in [0.2, 0.25) is 0 Å². The van der Waals surface area contributed by atoms with Crippen molar-refractivity contribution in [3.8, 4) is 0 Å². The van der Waals surface area contributed by atoms with Gasteiger partial charge in [0, 0.05) is 23.6 Å². The van der Waals surface area contributed by atoms with Crippen molar-refractivity contribution < 1.29 is 23.5 Å². The van der Waals surface area contributed by atoms with Crippen molar-refractivity contribution in [1.82, 2.24) is 9.88 Å². The molecular formula is C23H18N2O5. The number of H-pyrrole nitrogens is 1. The number of ketones is 1. The Morgan fingerprint density at radius 1 is 1.07 bits per heavy atom. The minimum Gasteiger partial charge on any atom is -0.503 e. The molecule has 0 bridgehead atoms. The minimum absolute atomic E-state index is 0.0381. The summed E-state index contributed by atoms with van der Waals surface area (Å²) in [6, 6.07) is 13.5. The maximum Gasteiger partial charge on any atom is 0.290 e. The van der Waals surface area contributed by atoms with Gasteiger partial charge in [-0.1, -0.05) is 18.2 Å². The van der Waals surface area contributed by atoms with E-state index in [0.717, 1.165) is 16.5 Å². The number of hydrogen-bond donors (Lipinski definition) is 2. The second-order valence-corrected chi connectivity index (χ2v) is 7.09. The highest BCUT2D eigenvalue weighted by Gasteiger charge is 2.45. The zero-order valence-electron chi connectivity index (χ0n) is 15.9. The van der Waals surface area contributed by atoms with Crippen molar-refractivity contribution in [3.63, 3.8) is 0 Å². The predicted molar refractivity (Wildman–Crippen MR) is 108 cm³/mol. The van der Waals surface area contributed by atoms with Crippen LogP contribution in [-0.2, 0) is 11.2 Å². The molecule has 1 aromatic carbocycles. The minimum atomic E-state index is -0.824. The number of hydrogen-bond acceptors (Lipinski definition) is 5. The molecule has 1 aliphatic rings. The molecule has 4 aromatic rings. The Bertz CT molecular complexity index is 1250. The number of fused-ring (bicyclic) bond motifs is 1. The lowest BCUT2D eigenvalue weighted by Crippen LogP contribution is -2.32. The van der Waals surface area contributed by atoms with Gasteiger partial charge in [0.2, 0.25) is 5.78 Å². The van der Waals surface area contributed by atoms with Gasteiger partial charge in [0.1, 0.15) is 11.8 Å². The Morgan fingerprint density at radius 2 is 1.87 bits per heavy atom. The van der Waals surface area contributed by atoms with Crippen LogP contribution in [0.1, 0.15) is 27.9 Å². The Labute approximate surface area is 171 Å². The van der Waals surface area contributed by atoms with Gasteiger partial charge in [0.15, 0.2) is 11.5 Å². The van der Waals surface area contributed by atoms with Crippen LogP contribution in [0.15, 0.2) is 87.4 Å². The summed E-state index contributed by atoms with van der Waals surface area (Å²) in [6.45, 7) is 0.297. The average molecular weight is 402 g/mol. The van der Waals surface area contributed by atoms with E-state index in [1.165, 1.54) is 23.5 Å². The van der Waals surface area contributed by atoms with E-state index in [2.05, 4.69) is 4.98 Å². The molecule has 30 heavy (non-hydrogen) atoms. The topological polar surface area (TPSA) is 99.7 Å². The molecular weight excluding hydrogens is 384 g/mol. The SMILES string of the molecule is O=C(C1=C(O)C(=O)N(CCc2c[nH]c3ccccc23)C1c1ccco1)c1ccco1. The fraction of sp³-hybridized carbons (Fsp3) is 0.130. The third kappa shape index (κ3) is 2.83. The molecule has 4 heterocycles. The first-order valence-electron chi connectivity index (χ1n) is 9.56. The summed E-state index contributed by atoms with van der Waals surface area (Å²) in [5.74, 6) is -1.26. The summed E-state index contributed by atoms with van der Waals surface area (Å²) in [5.41, 5.74) is 2.02. The lowest BCUT2D eigenvalue weighted by molar-refractivity contribution is -0.129. The number of furan rings is 2. The normalized spacial score (nSPS) is 16.7. The molecule has 5 rings (SSSR count). The van der Waals surface area contributed by atoms with Crippen LogP contribution in [0.4, 0.5) is 0 Å². The molecule has 2 N–H and O–H groups in total. The number of carbonyl (C=O) groups is 2. The number of Topliss-reactive ketones (excluding diaryl/α,β-unsaturated/α-hetero) is 1. The summed E-state index contributed by atoms with van der Waals surface area (Å²) in [6.07, 6.45) is 5.30. The van der Waals surface area contributed by atoms with E-state index in [1.54, 1.807) is 18.2 Å². The van der Waals surface area contributed by atoms with Crippen LogP contribution in [-0.4, -0.2) is 33.2 Å². The highest BCUT2D eigenvalue weighted by Crippen LogP contribution is 2.39. The van der Waals surface area contributed by atoms with Crippen LogP contribution >= 0.6 is 0 Å². The van der Waals surface area contributed by atoms with Crippen LogP contribution in [0.3, 0.4) is 0 Å². The van der Waals surface area contributed by atoms with Crippen molar-refractivity contribution in [2.24, 2.45) is 0 Å². The number of aliphatic hydroxyl groups is 1. The second kappa shape index (κ2) is 7.11. The van der Waals surface area contributed by atoms with Gasteiger partial charge in [0.05, 0.1) is 18.1 Å². The maximum atomic E-state index is 13.0. The lowest BCUT2D eigenvalue weighted by atomic mass is 9.99. The Hall–Kier alpha value is -4.00. The van der Waals surface area contributed by atoms with E-state index in [-0.39, 0.29) is 11.3 Å². The number of amides is 1. The number of benzene rings is 1. The van der Waals surface area contributed by atoms with Crippen molar-refractivity contribution in [2.45, 2.75) is 12.5 Å². The molecule has 1 atom stereocenters. The molecule has 1 unspecified atom stereocenters. The summed E-state index contributed by atoms with van der Waals surface area (Å²) < 4.78 is 10.7. The Morgan fingerprint density at radius 3 is 2.63 bits per heavy atom. The van der Waals surface area contributed by atoms with Crippen molar-refractivity contribution in [2.75, 3.05) is 6.54 Å².